The van der Waals surface area contributed by atoms with E-state index in [1.165, 1.54) is 11.0 Å². The Morgan fingerprint density at radius 2 is 1.78 bits per heavy atom. The number of benzene rings is 2. The van der Waals surface area contributed by atoms with Crippen LogP contribution in [0.4, 0.5) is 0 Å². The first-order valence-corrected chi connectivity index (χ1v) is 14.8. The number of hydrogen-bond acceptors (Lipinski definition) is 6. The maximum absolute atomic E-state index is 14.6. The van der Waals surface area contributed by atoms with Crippen LogP contribution in [0.15, 0.2) is 86.0 Å². The molecule has 41 heavy (non-hydrogen) atoms. The number of carbonyl (C=O) groups is 3. The Kier molecular flexibility index (Phi) is 8.77. The van der Waals surface area contributed by atoms with Crippen molar-refractivity contribution in [3.63, 3.8) is 0 Å². The molecule has 5 rings (SSSR count). The summed E-state index contributed by atoms with van der Waals surface area (Å²) in [7, 11) is 0. The number of carbonyl (C=O) groups excluding carboxylic acids is 3. The highest BCUT2D eigenvalue weighted by molar-refractivity contribution is 9.09. The third-order valence-corrected chi connectivity index (χ3v) is 9.22. The predicted octanol–water partition coefficient (Wildman–Crippen LogP) is 3.28. The number of esters is 1. The van der Waals surface area contributed by atoms with Crippen molar-refractivity contribution in [2.24, 2.45) is 11.8 Å². The number of fused-ring (bicyclic) bond motifs is 1. The van der Waals surface area contributed by atoms with Gasteiger partial charge in [-0.2, -0.15) is 0 Å². The molecule has 3 saturated heterocycles. The number of alkyl halides is 1. The third kappa shape index (κ3) is 5.27. The summed E-state index contributed by atoms with van der Waals surface area (Å²) in [5.41, 5.74) is 0.583. The molecule has 2 aromatic carbocycles. The van der Waals surface area contributed by atoms with Crippen LogP contribution in [0.2, 0.25) is 0 Å². The average molecular weight is 624 g/mol. The largest absolute Gasteiger partial charge is 0.461 e. The Balaban J connectivity index is 1.58. The second-order valence-corrected chi connectivity index (χ2v) is 12.0. The topological polar surface area (TPSA) is 96.4 Å². The molecule has 0 radical (unpaired) electrons. The summed E-state index contributed by atoms with van der Waals surface area (Å²) in [5.74, 6) is -3.04. The molecule has 2 bridgehead atoms. The SMILES string of the molecule is C=CCOC(=O)[C@H]1[C@@H]2OC3(CC2Br)C(C(=O)N(CC=C)Cc2ccccc2)N([C@@H](CO)Cc2ccccc2)C(=O)[C@H]13. The van der Waals surface area contributed by atoms with Gasteiger partial charge in [0.15, 0.2) is 0 Å². The third-order valence-electron chi connectivity index (χ3n) is 8.37. The number of nitrogens with zero attached hydrogens (tertiary/aromatic N) is 2. The van der Waals surface area contributed by atoms with Crippen molar-refractivity contribution in [1.29, 1.82) is 0 Å². The zero-order chi connectivity index (χ0) is 29.1. The molecule has 216 valence electrons. The smallest absolute Gasteiger partial charge is 0.312 e. The Morgan fingerprint density at radius 3 is 2.39 bits per heavy atom. The van der Waals surface area contributed by atoms with Crippen LogP contribution in [0, 0.1) is 11.8 Å². The van der Waals surface area contributed by atoms with Gasteiger partial charge in [0.1, 0.15) is 18.2 Å². The fraction of sp³-hybridized carbons (Fsp3) is 0.406. The van der Waals surface area contributed by atoms with E-state index in [9.17, 15) is 19.5 Å². The van der Waals surface area contributed by atoms with Gasteiger partial charge in [-0.05, 0) is 24.0 Å². The molecule has 0 aliphatic carbocycles. The zero-order valence-corrected chi connectivity index (χ0v) is 24.4. The molecular formula is C32H35BrN2O6. The Labute approximate surface area is 248 Å². The second-order valence-electron chi connectivity index (χ2n) is 10.8. The van der Waals surface area contributed by atoms with Crippen molar-refractivity contribution in [1.82, 2.24) is 9.80 Å². The van der Waals surface area contributed by atoms with Gasteiger partial charge in [-0.25, -0.2) is 0 Å². The summed E-state index contributed by atoms with van der Waals surface area (Å²) in [6.07, 6.45) is 3.20. The molecule has 0 saturated carbocycles. The van der Waals surface area contributed by atoms with Crippen LogP contribution in [0.3, 0.4) is 0 Å². The van der Waals surface area contributed by atoms with Crippen LogP contribution in [-0.2, 0) is 36.8 Å². The molecule has 3 heterocycles. The highest BCUT2D eigenvalue weighted by Crippen LogP contribution is 2.60. The number of likely N-dealkylation sites (tertiary alicyclic amines) is 1. The second kappa shape index (κ2) is 12.3. The van der Waals surface area contributed by atoms with Gasteiger partial charge in [0.2, 0.25) is 11.8 Å². The highest BCUT2D eigenvalue weighted by Gasteiger charge is 2.77. The minimum absolute atomic E-state index is 0.00640. The molecule has 8 nitrogen and oxygen atoms in total. The van der Waals surface area contributed by atoms with Crippen molar-refractivity contribution < 1.29 is 29.0 Å². The zero-order valence-electron chi connectivity index (χ0n) is 22.8. The van der Waals surface area contributed by atoms with E-state index in [-0.39, 0.29) is 36.4 Å². The van der Waals surface area contributed by atoms with Crippen LogP contribution < -0.4 is 0 Å². The van der Waals surface area contributed by atoms with E-state index in [4.69, 9.17) is 9.47 Å². The molecule has 2 amide bonds. The van der Waals surface area contributed by atoms with E-state index in [1.807, 2.05) is 60.7 Å². The van der Waals surface area contributed by atoms with Crippen molar-refractivity contribution in [3.05, 3.63) is 97.1 Å². The lowest BCUT2D eigenvalue weighted by molar-refractivity contribution is -0.155. The maximum Gasteiger partial charge on any atom is 0.312 e. The molecule has 1 spiro atoms. The normalized spacial score (nSPS) is 28.7. The van der Waals surface area contributed by atoms with E-state index < -0.39 is 41.6 Å². The molecule has 3 fully saturated rings. The first-order chi connectivity index (χ1) is 19.9. The molecule has 9 heteroatoms. The summed E-state index contributed by atoms with van der Waals surface area (Å²) in [6, 6.07) is 17.4. The number of amides is 2. The summed E-state index contributed by atoms with van der Waals surface area (Å²) >= 11 is 3.68. The van der Waals surface area contributed by atoms with Gasteiger partial charge in [0.05, 0.1) is 30.6 Å². The molecule has 7 atom stereocenters. The van der Waals surface area contributed by atoms with Crippen LogP contribution in [-0.4, -0.2) is 81.1 Å². The van der Waals surface area contributed by atoms with E-state index in [2.05, 4.69) is 29.1 Å². The van der Waals surface area contributed by atoms with Gasteiger partial charge < -0.3 is 24.4 Å². The molecule has 1 N–H and O–H groups in total. The summed E-state index contributed by atoms with van der Waals surface area (Å²) in [6.45, 7) is 7.68. The number of aliphatic hydroxyl groups is 1. The average Bonchev–Trinajstić information content (AvgIpc) is 3.58. The predicted molar refractivity (Wildman–Crippen MR) is 157 cm³/mol. The lowest BCUT2D eigenvalue weighted by Crippen LogP contribution is -2.59. The number of halogens is 1. The van der Waals surface area contributed by atoms with Crippen molar-refractivity contribution in [3.8, 4) is 0 Å². The number of rotatable bonds is 12. The molecule has 3 aliphatic rings. The molecule has 3 aliphatic heterocycles. The van der Waals surface area contributed by atoms with Crippen LogP contribution in [0.25, 0.3) is 0 Å². The molecule has 0 aromatic heterocycles. The van der Waals surface area contributed by atoms with E-state index in [0.717, 1.165) is 11.1 Å². The van der Waals surface area contributed by atoms with Crippen LogP contribution >= 0.6 is 15.9 Å². The quantitative estimate of drug-likeness (QED) is 0.222. The Morgan fingerprint density at radius 1 is 1.12 bits per heavy atom. The maximum atomic E-state index is 14.6. The summed E-state index contributed by atoms with van der Waals surface area (Å²) < 4.78 is 12.0. The van der Waals surface area contributed by atoms with Gasteiger partial charge in [-0.3, -0.25) is 14.4 Å². The fourth-order valence-electron chi connectivity index (χ4n) is 6.75. The van der Waals surface area contributed by atoms with Gasteiger partial charge in [-0.15, -0.1) is 6.58 Å². The molecule has 3 unspecified atom stereocenters. The van der Waals surface area contributed by atoms with E-state index in [0.29, 0.717) is 19.4 Å². The van der Waals surface area contributed by atoms with Gasteiger partial charge >= 0.3 is 5.97 Å². The molecular weight excluding hydrogens is 588 g/mol. The van der Waals surface area contributed by atoms with Gasteiger partial charge in [0, 0.05) is 17.9 Å². The van der Waals surface area contributed by atoms with Crippen molar-refractivity contribution in [2.75, 3.05) is 19.8 Å². The highest BCUT2D eigenvalue weighted by atomic mass is 79.9. The van der Waals surface area contributed by atoms with Crippen LogP contribution in [0.5, 0.6) is 0 Å². The van der Waals surface area contributed by atoms with Gasteiger partial charge in [-0.1, -0.05) is 95.3 Å². The van der Waals surface area contributed by atoms with Crippen LogP contribution in [0.1, 0.15) is 17.5 Å². The Bertz CT molecular complexity index is 1290. The number of aliphatic hydroxyl groups excluding tert-OH is 1. The van der Waals surface area contributed by atoms with Gasteiger partial charge in [0.25, 0.3) is 0 Å². The standard InChI is InChI=1S/C32H35BrN2O6/c1-3-15-34(19-22-13-9-6-10-14-22)30(38)28-32-18-24(33)27(41-32)25(31(39)40-16-4-2)26(32)29(37)35(28)23(20-36)17-21-11-7-5-8-12-21/h3-14,23-28,36H,1-2,15-20H2/t23-,24?,25-,26+,27-,28?,32?/m1/s1. The van der Waals surface area contributed by atoms with E-state index in [1.54, 1.807) is 11.0 Å². The minimum Gasteiger partial charge on any atom is -0.461 e. The van der Waals surface area contributed by atoms with Crippen molar-refractivity contribution >= 4 is 33.7 Å². The molecule has 2 aromatic rings. The number of ether oxygens (including phenoxy) is 2. The summed E-state index contributed by atoms with van der Waals surface area (Å²) in [4.78, 5) is 45.3. The first kappa shape index (κ1) is 29.2. The monoisotopic (exact) mass is 622 g/mol. The minimum atomic E-state index is -1.26. The van der Waals surface area contributed by atoms with E-state index >= 15 is 0 Å². The fourth-order valence-corrected chi connectivity index (χ4v) is 7.69. The van der Waals surface area contributed by atoms with Crippen molar-refractivity contribution in [2.45, 2.75) is 48.0 Å². The lowest BCUT2D eigenvalue weighted by Gasteiger charge is -2.39. The first-order valence-electron chi connectivity index (χ1n) is 13.9. The number of hydrogen-bond donors (Lipinski definition) is 1. The lowest BCUT2D eigenvalue weighted by atomic mass is 9.70. The summed E-state index contributed by atoms with van der Waals surface area (Å²) in [5, 5.41) is 10.6. The Hall–Kier alpha value is -3.27.